The van der Waals surface area contributed by atoms with E-state index in [1.54, 1.807) is 0 Å². The summed E-state index contributed by atoms with van der Waals surface area (Å²) < 4.78 is 76.3. The summed E-state index contributed by atoms with van der Waals surface area (Å²) in [5.74, 6) is -0.182. The molecule has 0 radical (unpaired) electrons. The van der Waals surface area contributed by atoms with Crippen LogP contribution in [0.4, 0.5) is 32.2 Å². The van der Waals surface area contributed by atoms with Gasteiger partial charge in [0.25, 0.3) is 0 Å². The SMILES string of the molecule is O[C@H](CNc1ncc(C(F)(F)F)cc1Cl)c1ccccc1C(F)(F)F. The van der Waals surface area contributed by atoms with E-state index < -0.39 is 36.1 Å². The van der Waals surface area contributed by atoms with Crippen LogP contribution in [-0.4, -0.2) is 16.6 Å². The van der Waals surface area contributed by atoms with Crippen molar-refractivity contribution in [3.8, 4) is 0 Å². The Balaban J connectivity index is 2.15. The van der Waals surface area contributed by atoms with Crippen molar-refractivity contribution in [3.05, 3.63) is 58.2 Å². The first-order chi connectivity index (χ1) is 11.5. The second-order valence-electron chi connectivity index (χ2n) is 5.03. The number of aromatic nitrogens is 1. The van der Waals surface area contributed by atoms with Gasteiger partial charge in [-0.1, -0.05) is 29.8 Å². The number of hydrogen-bond acceptors (Lipinski definition) is 3. The Kier molecular flexibility index (Phi) is 5.48. The Labute approximate surface area is 143 Å². The Hall–Kier alpha value is -2.00. The summed E-state index contributed by atoms with van der Waals surface area (Å²) in [5, 5.41) is 12.1. The molecule has 0 aliphatic rings. The highest BCUT2D eigenvalue weighted by molar-refractivity contribution is 6.32. The minimum absolute atomic E-state index is 0.182. The number of hydrogen-bond donors (Lipinski definition) is 2. The van der Waals surface area contributed by atoms with Gasteiger partial charge < -0.3 is 10.4 Å². The summed E-state index contributed by atoms with van der Waals surface area (Å²) in [7, 11) is 0. The molecular formula is C15H11ClF6N2O. The van der Waals surface area contributed by atoms with E-state index in [1.807, 2.05) is 0 Å². The maximum Gasteiger partial charge on any atom is 0.417 e. The van der Waals surface area contributed by atoms with E-state index in [4.69, 9.17) is 11.6 Å². The molecule has 0 saturated heterocycles. The largest absolute Gasteiger partial charge is 0.417 e. The highest BCUT2D eigenvalue weighted by Crippen LogP contribution is 2.35. The Morgan fingerprint density at radius 3 is 2.28 bits per heavy atom. The lowest BCUT2D eigenvalue weighted by Gasteiger charge is -2.18. The third-order valence-electron chi connectivity index (χ3n) is 3.26. The molecule has 0 aliphatic carbocycles. The van der Waals surface area contributed by atoms with Crippen molar-refractivity contribution in [2.45, 2.75) is 18.5 Å². The zero-order chi connectivity index (χ0) is 18.8. The fourth-order valence-electron chi connectivity index (χ4n) is 2.07. The second kappa shape index (κ2) is 7.09. The minimum atomic E-state index is -4.65. The quantitative estimate of drug-likeness (QED) is 0.736. The third kappa shape index (κ3) is 4.76. The summed E-state index contributed by atoms with van der Waals surface area (Å²) in [6.07, 6.45) is -10.3. The molecular weight excluding hydrogens is 374 g/mol. The lowest BCUT2D eigenvalue weighted by molar-refractivity contribution is -0.139. The first-order valence-electron chi connectivity index (χ1n) is 6.81. The van der Waals surface area contributed by atoms with E-state index in [0.717, 1.165) is 12.1 Å². The monoisotopic (exact) mass is 384 g/mol. The fraction of sp³-hybridized carbons (Fsp3) is 0.267. The molecule has 2 rings (SSSR count). The Morgan fingerprint density at radius 2 is 1.72 bits per heavy atom. The highest BCUT2D eigenvalue weighted by atomic mass is 35.5. The number of aliphatic hydroxyl groups is 1. The van der Waals surface area contributed by atoms with Crippen LogP contribution in [-0.2, 0) is 12.4 Å². The number of halogens is 7. The van der Waals surface area contributed by atoms with Gasteiger partial charge in [-0.05, 0) is 17.7 Å². The summed E-state index contributed by atoms with van der Waals surface area (Å²) in [6.45, 7) is -0.425. The molecule has 1 heterocycles. The van der Waals surface area contributed by atoms with E-state index >= 15 is 0 Å². The maximum absolute atomic E-state index is 12.9. The molecule has 0 amide bonds. The number of aliphatic hydroxyl groups excluding tert-OH is 1. The molecule has 0 spiro atoms. The van der Waals surface area contributed by atoms with Gasteiger partial charge in [-0.25, -0.2) is 4.98 Å². The molecule has 136 valence electrons. The molecule has 25 heavy (non-hydrogen) atoms. The first kappa shape index (κ1) is 19.3. The van der Waals surface area contributed by atoms with E-state index in [2.05, 4.69) is 10.3 Å². The van der Waals surface area contributed by atoms with Crippen LogP contribution in [0, 0.1) is 0 Å². The third-order valence-corrected chi connectivity index (χ3v) is 3.54. The Morgan fingerprint density at radius 1 is 1.08 bits per heavy atom. The summed E-state index contributed by atoms with van der Waals surface area (Å²) in [4.78, 5) is 3.49. The van der Waals surface area contributed by atoms with Crippen LogP contribution in [0.2, 0.25) is 5.02 Å². The van der Waals surface area contributed by atoms with Crippen molar-refractivity contribution in [2.75, 3.05) is 11.9 Å². The molecule has 0 aliphatic heterocycles. The van der Waals surface area contributed by atoms with E-state index in [9.17, 15) is 31.4 Å². The van der Waals surface area contributed by atoms with Crippen LogP contribution in [0.15, 0.2) is 36.5 Å². The van der Waals surface area contributed by atoms with Gasteiger partial charge >= 0.3 is 12.4 Å². The van der Waals surface area contributed by atoms with Gasteiger partial charge in [0.15, 0.2) is 0 Å². The number of rotatable bonds is 4. The molecule has 0 unspecified atom stereocenters. The van der Waals surface area contributed by atoms with Crippen molar-refractivity contribution in [3.63, 3.8) is 0 Å². The average Bonchev–Trinajstić information content (AvgIpc) is 2.51. The molecule has 3 nitrogen and oxygen atoms in total. The molecule has 0 fully saturated rings. The fourth-order valence-corrected chi connectivity index (χ4v) is 2.31. The van der Waals surface area contributed by atoms with Crippen molar-refractivity contribution in [1.29, 1.82) is 0 Å². The lowest BCUT2D eigenvalue weighted by atomic mass is 10.0. The van der Waals surface area contributed by atoms with E-state index in [-0.39, 0.29) is 16.4 Å². The summed E-state index contributed by atoms with van der Waals surface area (Å²) in [5.41, 5.74) is -2.44. The van der Waals surface area contributed by atoms with Gasteiger partial charge in [0.1, 0.15) is 5.82 Å². The second-order valence-corrected chi connectivity index (χ2v) is 5.44. The van der Waals surface area contributed by atoms with Crippen molar-refractivity contribution < 1.29 is 31.4 Å². The van der Waals surface area contributed by atoms with Gasteiger partial charge in [-0.3, -0.25) is 0 Å². The number of anilines is 1. The number of alkyl halides is 6. The topological polar surface area (TPSA) is 45.1 Å². The van der Waals surface area contributed by atoms with Gasteiger partial charge in [-0.15, -0.1) is 0 Å². The minimum Gasteiger partial charge on any atom is -0.387 e. The molecule has 2 aromatic rings. The Bertz CT molecular complexity index is 748. The summed E-state index contributed by atoms with van der Waals surface area (Å²) >= 11 is 5.68. The van der Waals surface area contributed by atoms with Crippen LogP contribution in [0.25, 0.3) is 0 Å². The van der Waals surface area contributed by atoms with Crippen molar-refractivity contribution in [1.82, 2.24) is 4.98 Å². The smallest absolute Gasteiger partial charge is 0.387 e. The molecule has 1 atom stereocenters. The average molecular weight is 385 g/mol. The molecule has 0 bridgehead atoms. The summed E-state index contributed by atoms with van der Waals surface area (Å²) in [6, 6.07) is 5.07. The highest BCUT2D eigenvalue weighted by Gasteiger charge is 2.35. The number of nitrogens with zero attached hydrogens (tertiary/aromatic N) is 1. The zero-order valence-electron chi connectivity index (χ0n) is 12.3. The van der Waals surface area contributed by atoms with Crippen LogP contribution >= 0.6 is 11.6 Å². The molecule has 2 N–H and O–H groups in total. The van der Waals surface area contributed by atoms with Crippen LogP contribution in [0.3, 0.4) is 0 Å². The molecule has 1 aromatic heterocycles. The van der Waals surface area contributed by atoms with Gasteiger partial charge in [-0.2, -0.15) is 26.3 Å². The number of nitrogens with one attached hydrogen (secondary N) is 1. The molecule has 10 heteroatoms. The van der Waals surface area contributed by atoms with Gasteiger partial charge in [0.2, 0.25) is 0 Å². The first-order valence-corrected chi connectivity index (χ1v) is 7.18. The molecule has 0 saturated carbocycles. The van der Waals surface area contributed by atoms with Crippen molar-refractivity contribution in [2.24, 2.45) is 0 Å². The zero-order valence-corrected chi connectivity index (χ0v) is 13.0. The predicted octanol–water partition coefficient (Wildman–Crippen LogP) is 4.92. The standard InChI is InChI=1S/C15H11ClF6N2O/c16-11-5-8(14(17,18)19)6-23-13(11)24-7-12(25)9-3-1-2-4-10(9)15(20,21)22/h1-6,12,25H,7H2,(H,23,24)/t12-/m1/s1. The van der Waals surface area contributed by atoms with Gasteiger partial charge in [0, 0.05) is 12.7 Å². The molecule has 1 aromatic carbocycles. The predicted molar refractivity (Wildman–Crippen MR) is 79.1 cm³/mol. The van der Waals surface area contributed by atoms with E-state index in [1.165, 1.54) is 12.1 Å². The number of pyridine rings is 1. The van der Waals surface area contributed by atoms with Crippen molar-refractivity contribution >= 4 is 17.4 Å². The van der Waals surface area contributed by atoms with Crippen LogP contribution in [0.1, 0.15) is 22.8 Å². The van der Waals surface area contributed by atoms with Gasteiger partial charge in [0.05, 0.1) is 22.3 Å². The normalized spacial score (nSPS) is 13.6. The van der Waals surface area contributed by atoms with Crippen LogP contribution < -0.4 is 5.32 Å². The van der Waals surface area contributed by atoms with E-state index in [0.29, 0.717) is 12.3 Å². The maximum atomic E-state index is 12.9. The van der Waals surface area contributed by atoms with Crippen LogP contribution in [0.5, 0.6) is 0 Å². The lowest BCUT2D eigenvalue weighted by Crippen LogP contribution is -2.18. The number of benzene rings is 1.